The van der Waals surface area contributed by atoms with Crippen LogP contribution in [0.4, 0.5) is 4.79 Å². The first kappa shape index (κ1) is 17.8. The van der Waals surface area contributed by atoms with Gasteiger partial charge in [-0.05, 0) is 32.1 Å². The molecule has 1 unspecified atom stereocenters. The van der Waals surface area contributed by atoms with E-state index in [1.54, 1.807) is 9.80 Å². The first-order valence-corrected chi connectivity index (χ1v) is 8.00. The van der Waals surface area contributed by atoms with E-state index in [-0.39, 0.29) is 12.1 Å². The molecule has 2 amide bonds. The summed E-state index contributed by atoms with van der Waals surface area (Å²) < 4.78 is 0. The zero-order valence-electron chi connectivity index (χ0n) is 14.1. The molecule has 5 nitrogen and oxygen atoms in total. The zero-order chi connectivity index (χ0) is 16.2. The average Bonchev–Trinajstić information content (AvgIpc) is 2.45. The molecule has 1 N–H and O–H groups in total. The van der Waals surface area contributed by atoms with E-state index in [0.29, 0.717) is 38.3 Å². The first-order chi connectivity index (χ1) is 9.75. The third-order valence-corrected chi connectivity index (χ3v) is 5.05. The third kappa shape index (κ3) is 3.89. The Bertz CT molecular complexity index is 374. The summed E-state index contributed by atoms with van der Waals surface area (Å²) >= 11 is 0. The molecular weight excluding hydrogens is 268 g/mol. The van der Waals surface area contributed by atoms with Crippen molar-refractivity contribution in [3.63, 3.8) is 0 Å². The van der Waals surface area contributed by atoms with Crippen LogP contribution in [-0.2, 0) is 4.79 Å². The van der Waals surface area contributed by atoms with Crippen LogP contribution in [0.25, 0.3) is 0 Å². The Morgan fingerprint density at radius 1 is 1.24 bits per heavy atom. The van der Waals surface area contributed by atoms with Crippen LogP contribution in [0.2, 0.25) is 0 Å². The number of hydrogen-bond acceptors (Lipinski definition) is 2. The molecule has 0 bridgehead atoms. The summed E-state index contributed by atoms with van der Waals surface area (Å²) in [5, 5.41) is 9.50. The second-order valence-electron chi connectivity index (χ2n) is 6.70. The Morgan fingerprint density at radius 2 is 1.76 bits per heavy atom. The second kappa shape index (κ2) is 7.14. The van der Waals surface area contributed by atoms with Gasteiger partial charge in [-0.2, -0.15) is 0 Å². The van der Waals surface area contributed by atoms with Crippen molar-refractivity contribution in [3.05, 3.63) is 0 Å². The van der Waals surface area contributed by atoms with E-state index in [0.717, 1.165) is 6.42 Å². The van der Waals surface area contributed by atoms with Crippen molar-refractivity contribution in [1.29, 1.82) is 0 Å². The van der Waals surface area contributed by atoms with Gasteiger partial charge in [0.1, 0.15) is 0 Å². The van der Waals surface area contributed by atoms with Crippen molar-refractivity contribution in [1.82, 2.24) is 9.80 Å². The highest BCUT2D eigenvalue weighted by Crippen LogP contribution is 2.36. The third-order valence-electron chi connectivity index (χ3n) is 5.05. The molecule has 1 rings (SSSR count). The van der Waals surface area contributed by atoms with Crippen LogP contribution in [0, 0.1) is 11.3 Å². The summed E-state index contributed by atoms with van der Waals surface area (Å²) in [5.41, 5.74) is -0.631. The Hall–Kier alpha value is -1.26. The van der Waals surface area contributed by atoms with Crippen LogP contribution in [0.1, 0.15) is 53.4 Å². The van der Waals surface area contributed by atoms with E-state index < -0.39 is 11.4 Å². The summed E-state index contributed by atoms with van der Waals surface area (Å²) in [6.07, 6.45) is 2.69. The van der Waals surface area contributed by atoms with E-state index >= 15 is 0 Å². The molecule has 0 saturated carbocycles. The number of piperidine rings is 1. The number of amides is 2. The maximum absolute atomic E-state index is 12.5. The molecule has 0 radical (unpaired) electrons. The number of hydrogen-bond donors (Lipinski definition) is 1. The quantitative estimate of drug-likeness (QED) is 0.848. The van der Waals surface area contributed by atoms with E-state index in [1.807, 2.05) is 20.9 Å². The average molecular weight is 298 g/mol. The van der Waals surface area contributed by atoms with Gasteiger partial charge >= 0.3 is 12.0 Å². The monoisotopic (exact) mass is 298 g/mol. The van der Waals surface area contributed by atoms with Crippen LogP contribution in [-0.4, -0.2) is 53.1 Å². The molecule has 21 heavy (non-hydrogen) atoms. The lowest BCUT2D eigenvalue weighted by Gasteiger charge is -2.41. The summed E-state index contributed by atoms with van der Waals surface area (Å²) in [5.74, 6) is -0.303. The fraction of sp³-hybridized carbons (Fsp3) is 0.875. The number of carbonyl (C=O) groups is 2. The molecule has 0 aromatic rings. The number of urea groups is 1. The minimum Gasteiger partial charge on any atom is -0.481 e. The SMILES string of the molecule is CCCC1(C(=O)O)CCN(C(=O)N(C)C(C)C(C)C)CC1. The maximum Gasteiger partial charge on any atom is 0.319 e. The number of aliphatic carboxylic acids is 1. The summed E-state index contributed by atoms with van der Waals surface area (Å²) in [4.78, 5) is 27.6. The van der Waals surface area contributed by atoms with Gasteiger partial charge in [-0.1, -0.05) is 27.2 Å². The summed E-state index contributed by atoms with van der Waals surface area (Å²) in [6, 6.07) is 0.200. The minimum atomic E-state index is -0.708. The molecule has 1 aliphatic rings. The highest BCUT2D eigenvalue weighted by Gasteiger charge is 2.42. The van der Waals surface area contributed by atoms with Gasteiger partial charge in [0.2, 0.25) is 0 Å². The van der Waals surface area contributed by atoms with Crippen molar-refractivity contribution in [2.24, 2.45) is 11.3 Å². The standard InChI is InChI=1S/C16H30N2O3/c1-6-7-16(14(19)20)8-10-18(11-9-16)15(21)17(5)13(4)12(2)3/h12-13H,6-11H2,1-5H3,(H,19,20). The van der Waals surface area contributed by atoms with Crippen LogP contribution in [0.15, 0.2) is 0 Å². The molecule has 1 fully saturated rings. The maximum atomic E-state index is 12.5. The lowest BCUT2D eigenvalue weighted by atomic mass is 9.75. The van der Waals surface area contributed by atoms with Gasteiger partial charge in [0.15, 0.2) is 0 Å². The highest BCUT2D eigenvalue weighted by molar-refractivity contribution is 5.77. The summed E-state index contributed by atoms with van der Waals surface area (Å²) in [7, 11) is 1.83. The molecule has 0 spiro atoms. The largest absolute Gasteiger partial charge is 0.481 e. The predicted molar refractivity (Wildman–Crippen MR) is 83.2 cm³/mol. The number of rotatable bonds is 5. The van der Waals surface area contributed by atoms with Crippen LogP contribution < -0.4 is 0 Å². The van der Waals surface area contributed by atoms with Crippen LogP contribution >= 0.6 is 0 Å². The fourth-order valence-corrected chi connectivity index (χ4v) is 3.02. The van der Waals surface area contributed by atoms with Crippen molar-refractivity contribution < 1.29 is 14.7 Å². The zero-order valence-corrected chi connectivity index (χ0v) is 14.1. The molecule has 0 aliphatic carbocycles. The molecular formula is C16H30N2O3. The topological polar surface area (TPSA) is 60.9 Å². The van der Waals surface area contributed by atoms with Crippen molar-refractivity contribution >= 4 is 12.0 Å². The smallest absolute Gasteiger partial charge is 0.319 e. The second-order valence-corrected chi connectivity index (χ2v) is 6.70. The van der Waals surface area contributed by atoms with Crippen molar-refractivity contribution in [2.75, 3.05) is 20.1 Å². The number of carbonyl (C=O) groups excluding carboxylic acids is 1. The molecule has 1 heterocycles. The number of carboxylic acid groups (broad SMARTS) is 1. The molecule has 122 valence electrons. The van der Waals surface area contributed by atoms with Gasteiger partial charge in [0.05, 0.1) is 5.41 Å². The van der Waals surface area contributed by atoms with E-state index in [1.165, 1.54) is 0 Å². The van der Waals surface area contributed by atoms with Gasteiger partial charge < -0.3 is 14.9 Å². The molecule has 1 saturated heterocycles. The Balaban J connectivity index is 2.67. The van der Waals surface area contributed by atoms with Gasteiger partial charge in [0, 0.05) is 26.2 Å². The van der Waals surface area contributed by atoms with E-state index in [2.05, 4.69) is 13.8 Å². The van der Waals surface area contributed by atoms with Gasteiger partial charge in [-0.15, -0.1) is 0 Å². The fourth-order valence-electron chi connectivity index (χ4n) is 3.02. The number of carboxylic acids is 1. The minimum absolute atomic E-state index is 0.0201. The van der Waals surface area contributed by atoms with Crippen LogP contribution in [0.5, 0.6) is 0 Å². The van der Waals surface area contributed by atoms with Crippen molar-refractivity contribution in [2.45, 2.75) is 59.4 Å². The molecule has 0 aromatic heterocycles. The number of likely N-dealkylation sites (tertiary alicyclic amines) is 1. The first-order valence-electron chi connectivity index (χ1n) is 8.00. The normalized spacial score (nSPS) is 19.4. The Labute approximate surface area is 128 Å². The van der Waals surface area contributed by atoms with Crippen molar-refractivity contribution in [3.8, 4) is 0 Å². The predicted octanol–water partition coefficient (Wildman–Crippen LogP) is 3.05. The highest BCUT2D eigenvalue weighted by atomic mass is 16.4. The summed E-state index contributed by atoms with van der Waals surface area (Å²) in [6.45, 7) is 9.34. The van der Waals surface area contributed by atoms with E-state index in [4.69, 9.17) is 0 Å². The Morgan fingerprint density at radius 3 is 2.14 bits per heavy atom. The lowest BCUT2D eigenvalue weighted by Crippen LogP contribution is -2.52. The lowest BCUT2D eigenvalue weighted by molar-refractivity contribution is -0.152. The Kier molecular flexibility index (Phi) is 6.05. The molecule has 5 heteroatoms. The number of nitrogens with zero attached hydrogens (tertiary/aromatic N) is 2. The van der Waals surface area contributed by atoms with Gasteiger partial charge in [-0.25, -0.2) is 4.79 Å². The van der Waals surface area contributed by atoms with Gasteiger partial charge in [0.25, 0.3) is 0 Å². The molecule has 0 aromatic carbocycles. The van der Waals surface area contributed by atoms with Gasteiger partial charge in [-0.3, -0.25) is 4.79 Å². The molecule has 1 aliphatic heterocycles. The van der Waals surface area contributed by atoms with E-state index in [9.17, 15) is 14.7 Å². The molecule has 1 atom stereocenters. The van der Waals surface area contributed by atoms with Crippen LogP contribution in [0.3, 0.4) is 0 Å².